The molecule has 0 saturated carbocycles. The van der Waals surface area contributed by atoms with E-state index in [4.69, 9.17) is 0 Å². The van der Waals surface area contributed by atoms with E-state index in [1.165, 1.54) is 0 Å². The van der Waals surface area contributed by atoms with Gasteiger partial charge in [0.25, 0.3) is 0 Å². The van der Waals surface area contributed by atoms with E-state index in [-0.39, 0.29) is 45.5 Å². The van der Waals surface area contributed by atoms with Crippen LogP contribution in [0.15, 0.2) is 0 Å². The molecule has 0 heterocycles. The Morgan fingerprint density at radius 2 is 2.00 bits per heavy atom. The van der Waals surface area contributed by atoms with E-state index in [1.54, 1.807) is 0 Å². The van der Waals surface area contributed by atoms with E-state index in [2.05, 4.69) is 0 Å². The van der Waals surface area contributed by atoms with Crippen molar-refractivity contribution in [3.05, 3.63) is 0 Å². The summed E-state index contributed by atoms with van der Waals surface area (Å²) in [6.07, 6.45) is 1.51. The number of hydrogen-bond donors (Lipinski definition) is 0. The van der Waals surface area contributed by atoms with Gasteiger partial charge in [0, 0.05) is 6.42 Å². The van der Waals surface area contributed by atoms with Gasteiger partial charge in [0.05, 0.1) is 0 Å². The van der Waals surface area contributed by atoms with Crippen LogP contribution in [0.2, 0.25) is 0 Å². The van der Waals surface area contributed by atoms with Crippen LogP contribution in [0.4, 0.5) is 0 Å². The van der Waals surface area contributed by atoms with Gasteiger partial charge in [-0.2, -0.15) is 0 Å². The number of hydrogen-bond acceptors (Lipinski definition) is 1. The van der Waals surface area contributed by atoms with Gasteiger partial charge in [-0.1, -0.05) is 6.92 Å². The Bertz CT molecular complexity index is 20.9. The van der Waals surface area contributed by atoms with Crippen LogP contribution in [0.5, 0.6) is 0 Å². The summed E-state index contributed by atoms with van der Waals surface area (Å²) in [5.41, 5.74) is 0. The monoisotopic (exact) mass is 148 g/mol. The van der Waals surface area contributed by atoms with Crippen molar-refractivity contribution in [2.24, 2.45) is 0 Å². The van der Waals surface area contributed by atoms with Crippen LogP contribution in [-0.4, -0.2) is 51.8 Å². The Morgan fingerprint density at radius 3 is 2.00 bits per heavy atom. The molecule has 0 aromatic rings. The molecule has 2 heteroatoms. The molecule has 0 radical (unpaired) electrons. The Kier molecular flexibility index (Phi) is 16.9. The predicted octanol–water partition coefficient (Wildman–Crippen LogP) is -0.321. The zero-order valence-corrected chi connectivity index (χ0v) is 2.69. The second-order valence-corrected chi connectivity index (χ2v) is 0.575. The Hall–Kier alpha value is 1.15. The molecule has 0 amide bonds. The third-order valence-electron chi connectivity index (χ3n) is 0.167. The minimum absolute atomic E-state index is 0. The molecule has 28 valence electrons. The topological polar surface area (TPSA) is 17.1 Å². The molecule has 0 aliphatic carbocycles. The first-order valence-electron chi connectivity index (χ1n) is 1.35. The predicted molar refractivity (Wildman–Crippen MR) is 24.9 cm³/mol. The van der Waals surface area contributed by atoms with E-state index >= 15 is 0 Å². The molecule has 0 atom stereocenters. The summed E-state index contributed by atoms with van der Waals surface area (Å²) in [7, 11) is 0. The molecule has 0 saturated heterocycles. The summed E-state index contributed by atoms with van der Waals surface area (Å²) in [5, 5.41) is 0. The Labute approximate surface area is 69.0 Å². The molecule has 5 heavy (non-hydrogen) atoms. The van der Waals surface area contributed by atoms with Gasteiger partial charge in [0.15, 0.2) is 0 Å². The van der Waals surface area contributed by atoms with E-state index in [1.807, 2.05) is 6.92 Å². The van der Waals surface area contributed by atoms with Crippen molar-refractivity contribution in [1.82, 2.24) is 0 Å². The normalized spacial score (nSPS) is 5.00. The molecular weight excluding hydrogens is 140 g/mol. The van der Waals surface area contributed by atoms with Crippen LogP contribution < -0.4 is 0 Å². The molecule has 0 aliphatic rings. The molecule has 0 rings (SSSR count). The van der Waals surface area contributed by atoms with Crippen molar-refractivity contribution in [3.8, 4) is 0 Å². The first kappa shape index (κ1) is 9.47. The first-order chi connectivity index (χ1) is 1.91. The van der Waals surface area contributed by atoms with E-state index in [9.17, 15) is 4.79 Å². The van der Waals surface area contributed by atoms with Crippen molar-refractivity contribution in [3.63, 3.8) is 0 Å². The fraction of sp³-hybridized carbons (Fsp3) is 0.667. The molecule has 0 aromatic carbocycles. The fourth-order valence-electron chi connectivity index (χ4n) is 0. The van der Waals surface area contributed by atoms with Gasteiger partial charge >= 0.3 is 45.5 Å². The maximum absolute atomic E-state index is 9.17. The van der Waals surface area contributed by atoms with Crippen LogP contribution in [0.3, 0.4) is 0 Å². The fourth-order valence-corrected chi connectivity index (χ4v) is 0. The zero-order valence-electron chi connectivity index (χ0n) is 2.69. The van der Waals surface area contributed by atoms with Crippen molar-refractivity contribution in [2.45, 2.75) is 13.3 Å². The van der Waals surface area contributed by atoms with Gasteiger partial charge < -0.3 is 4.79 Å². The van der Waals surface area contributed by atoms with Crippen molar-refractivity contribution in [2.75, 3.05) is 0 Å². The van der Waals surface area contributed by atoms with Gasteiger partial charge in [-0.3, -0.25) is 0 Å². The number of carbonyl (C=O) groups excluding carboxylic acids is 1. The third-order valence-corrected chi connectivity index (χ3v) is 0.167. The molecule has 1 nitrogen and oxygen atoms in total. The van der Waals surface area contributed by atoms with Gasteiger partial charge in [-0.15, -0.1) is 0 Å². The first-order valence-corrected chi connectivity index (χ1v) is 1.35. The van der Waals surface area contributed by atoms with Crippen LogP contribution in [0.1, 0.15) is 13.3 Å². The van der Waals surface area contributed by atoms with Crippen molar-refractivity contribution in [1.29, 1.82) is 0 Å². The van der Waals surface area contributed by atoms with Crippen LogP contribution in [0.25, 0.3) is 0 Å². The number of rotatable bonds is 1. The number of carbonyl (C=O) groups is 1. The van der Waals surface area contributed by atoms with Crippen LogP contribution >= 0.6 is 0 Å². The molecule has 0 fully saturated rings. The average Bonchev–Trinajstić information content (AvgIpc) is 1.37. The molecule has 0 aromatic heterocycles. The van der Waals surface area contributed by atoms with Gasteiger partial charge in [-0.05, 0) is 0 Å². The molecule has 0 N–H and O–H groups in total. The van der Waals surface area contributed by atoms with E-state index < -0.39 is 0 Å². The Morgan fingerprint density at radius 1 is 1.80 bits per heavy atom. The second kappa shape index (κ2) is 8.94. The third kappa shape index (κ3) is 11.1. The van der Waals surface area contributed by atoms with Crippen LogP contribution in [-0.2, 0) is 4.79 Å². The standard InChI is InChI=1S/C3H6O.Sr.2H/c1-2-3-4;;;/h3H,2H2,1H3;;;. The van der Waals surface area contributed by atoms with Gasteiger partial charge in [-0.25, -0.2) is 0 Å². The van der Waals surface area contributed by atoms with Crippen LogP contribution in [0, 0.1) is 0 Å². The average molecular weight is 148 g/mol. The molecular formula is C3H8OSr. The molecule has 0 aliphatic heterocycles. The van der Waals surface area contributed by atoms with Crippen molar-refractivity contribution < 1.29 is 4.79 Å². The summed E-state index contributed by atoms with van der Waals surface area (Å²) in [6, 6.07) is 0. The summed E-state index contributed by atoms with van der Waals surface area (Å²) in [4.78, 5) is 9.17. The Balaban J connectivity index is 0. The molecule has 0 unspecified atom stereocenters. The van der Waals surface area contributed by atoms with E-state index in [0.717, 1.165) is 6.29 Å². The summed E-state index contributed by atoms with van der Waals surface area (Å²) in [5.74, 6) is 0. The quantitative estimate of drug-likeness (QED) is 0.367. The van der Waals surface area contributed by atoms with E-state index in [0.29, 0.717) is 6.42 Å². The second-order valence-electron chi connectivity index (χ2n) is 0.575. The number of aldehydes is 1. The summed E-state index contributed by atoms with van der Waals surface area (Å²) >= 11 is 0. The molecule has 0 bridgehead atoms. The minimum atomic E-state index is 0. The summed E-state index contributed by atoms with van der Waals surface area (Å²) < 4.78 is 0. The van der Waals surface area contributed by atoms with Gasteiger partial charge in [0.1, 0.15) is 6.29 Å². The zero-order chi connectivity index (χ0) is 3.41. The van der Waals surface area contributed by atoms with Gasteiger partial charge in [0.2, 0.25) is 0 Å². The molecule has 0 spiro atoms. The van der Waals surface area contributed by atoms with Crippen molar-refractivity contribution >= 4 is 51.8 Å². The summed E-state index contributed by atoms with van der Waals surface area (Å²) in [6.45, 7) is 1.81. The SMILES string of the molecule is CCC=O.[SrH2]. The maximum atomic E-state index is 9.17.